The zero-order valence-corrected chi connectivity index (χ0v) is 11.5. The Labute approximate surface area is 110 Å². The van der Waals surface area contributed by atoms with E-state index in [0.717, 1.165) is 12.4 Å². The Bertz CT molecular complexity index is 367. The maximum Gasteiger partial charge on any atom is 0.213 e. The Kier molecular flexibility index (Phi) is 5.00. The predicted octanol–water partition coefficient (Wildman–Crippen LogP) is 3.15. The van der Waals surface area contributed by atoms with Gasteiger partial charge in [-0.25, -0.2) is 4.98 Å². The molecule has 1 fully saturated rings. The first-order valence-corrected chi connectivity index (χ1v) is 7.09. The van der Waals surface area contributed by atoms with E-state index in [2.05, 4.69) is 23.3 Å². The molecule has 18 heavy (non-hydrogen) atoms. The first kappa shape index (κ1) is 13.3. The van der Waals surface area contributed by atoms with Crippen molar-refractivity contribution in [3.63, 3.8) is 0 Å². The molecule has 1 aromatic heterocycles. The molecule has 0 saturated heterocycles. The van der Waals surface area contributed by atoms with Gasteiger partial charge in [0.1, 0.15) is 6.10 Å². The second kappa shape index (κ2) is 6.74. The van der Waals surface area contributed by atoms with Crippen LogP contribution in [0.2, 0.25) is 0 Å². The summed E-state index contributed by atoms with van der Waals surface area (Å²) >= 11 is 0. The number of pyridine rings is 1. The molecule has 1 aliphatic carbocycles. The van der Waals surface area contributed by atoms with E-state index in [4.69, 9.17) is 4.74 Å². The third-order valence-electron chi connectivity index (χ3n) is 3.82. The van der Waals surface area contributed by atoms with Gasteiger partial charge in [-0.2, -0.15) is 0 Å². The molecule has 0 bridgehead atoms. The Balaban J connectivity index is 2.00. The second-order valence-electron chi connectivity index (χ2n) is 5.14. The third kappa shape index (κ3) is 3.45. The van der Waals surface area contributed by atoms with Crippen LogP contribution in [-0.4, -0.2) is 18.1 Å². The van der Waals surface area contributed by atoms with Crippen molar-refractivity contribution in [2.75, 3.05) is 7.05 Å². The van der Waals surface area contributed by atoms with Crippen molar-refractivity contribution in [2.24, 2.45) is 5.92 Å². The molecule has 1 aromatic rings. The lowest BCUT2D eigenvalue weighted by Gasteiger charge is -2.30. The first-order chi connectivity index (χ1) is 8.83. The molecule has 2 rings (SSSR count). The number of ether oxygens (including phenoxy) is 1. The lowest BCUT2D eigenvalue weighted by Crippen LogP contribution is -2.30. The average Bonchev–Trinajstić information content (AvgIpc) is 2.40. The molecule has 3 heteroatoms. The summed E-state index contributed by atoms with van der Waals surface area (Å²) in [5.41, 5.74) is 1.23. The molecule has 1 heterocycles. The molecular weight excluding hydrogens is 224 g/mol. The zero-order valence-electron chi connectivity index (χ0n) is 11.5. The topological polar surface area (TPSA) is 34.1 Å². The monoisotopic (exact) mass is 248 g/mol. The van der Waals surface area contributed by atoms with Gasteiger partial charge in [-0.05, 0) is 50.3 Å². The molecule has 1 saturated carbocycles. The zero-order chi connectivity index (χ0) is 12.8. The van der Waals surface area contributed by atoms with Gasteiger partial charge >= 0.3 is 0 Å². The minimum Gasteiger partial charge on any atom is -0.474 e. The fraction of sp³-hybridized carbons (Fsp3) is 0.667. The van der Waals surface area contributed by atoms with Crippen LogP contribution >= 0.6 is 0 Å². The number of nitrogens with one attached hydrogen (secondary N) is 1. The highest BCUT2D eigenvalue weighted by Gasteiger charge is 2.25. The minimum atomic E-state index is 0.362. The summed E-state index contributed by atoms with van der Waals surface area (Å²) in [7, 11) is 1.95. The van der Waals surface area contributed by atoms with E-state index in [9.17, 15) is 0 Å². The summed E-state index contributed by atoms with van der Waals surface area (Å²) < 4.78 is 6.11. The van der Waals surface area contributed by atoms with Gasteiger partial charge < -0.3 is 10.1 Å². The van der Waals surface area contributed by atoms with Crippen LogP contribution in [-0.2, 0) is 6.54 Å². The summed E-state index contributed by atoms with van der Waals surface area (Å²) in [6.45, 7) is 3.12. The number of rotatable bonds is 5. The summed E-state index contributed by atoms with van der Waals surface area (Å²) in [5.74, 6) is 1.49. The lowest BCUT2D eigenvalue weighted by molar-refractivity contribution is 0.0858. The quantitative estimate of drug-likeness (QED) is 0.869. The van der Waals surface area contributed by atoms with E-state index in [1.54, 1.807) is 0 Å². The van der Waals surface area contributed by atoms with Crippen molar-refractivity contribution in [3.8, 4) is 5.88 Å². The van der Waals surface area contributed by atoms with E-state index in [1.807, 2.05) is 19.3 Å². The largest absolute Gasteiger partial charge is 0.474 e. The lowest BCUT2D eigenvalue weighted by atomic mass is 9.85. The van der Waals surface area contributed by atoms with E-state index in [0.29, 0.717) is 12.0 Å². The van der Waals surface area contributed by atoms with Crippen LogP contribution in [0, 0.1) is 5.92 Å². The molecule has 0 aromatic carbocycles. The van der Waals surface area contributed by atoms with Gasteiger partial charge in [0.15, 0.2) is 0 Å². The molecule has 0 amide bonds. The molecule has 1 aliphatic rings. The summed E-state index contributed by atoms with van der Waals surface area (Å²) in [5, 5.41) is 3.15. The normalized spacial score (nSPS) is 23.9. The number of hydrogen-bond acceptors (Lipinski definition) is 3. The minimum absolute atomic E-state index is 0.362. The van der Waals surface area contributed by atoms with Crippen LogP contribution in [0.3, 0.4) is 0 Å². The van der Waals surface area contributed by atoms with Crippen molar-refractivity contribution in [1.29, 1.82) is 0 Å². The summed E-state index contributed by atoms with van der Waals surface area (Å²) in [4.78, 5) is 4.33. The van der Waals surface area contributed by atoms with E-state index in [1.165, 1.54) is 37.7 Å². The summed E-state index contributed by atoms with van der Waals surface area (Å²) in [6.07, 6.45) is 8.53. The van der Waals surface area contributed by atoms with Gasteiger partial charge in [0, 0.05) is 18.8 Å². The standard InChI is InChI=1S/C15H24N2O/c1-3-13-6-4-5-7-14(13)18-15-10-12(11-16-2)8-9-17-15/h8-10,13-14,16H,3-7,11H2,1-2H3. The molecule has 1 N–H and O–H groups in total. The van der Waals surface area contributed by atoms with E-state index < -0.39 is 0 Å². The highest BCUT2D eigenvalue weighted by atomic mass is 16.5. The van der Waals surface area contributed by atoms with Crippen molar-refractivity contribution in [1.82, 2.24) is 10.3 Å². The maximum atomic E-state index is 6.11. The van der Waals surface area contributed by atoms with Crippen LogP contribution in [0.5, 0.6) is 5.88 Å². The van der Waals surface area contributed by atoms with Gasteiger partial charge in [0.05, 0.1) is 0 Å². The molecule has 0 spiro atoms. The predicted molar refractivity (Wildman–Crippen MR) is 73.7 cm³/mol. The maximum absolute atomic E-state index is 6.11. The van der Waals surface area contributed by atoms with Crippen LogP contribution in [0.1, 0.15) is 44.6 Å². The van der Waals surface area contributed by atoms with Gasteiger partial charge in [-0.1, -0.05) is 13.3 Å². The van der Waals surface area contributed by atoms with Crippen molar-refractivity contribution in [3.05, 3.63) is 23.9 Å². The number of nitrogens with zero attached hydrogens (tertiary/aromatic N) is 1. The third-order valence-corrected chi connectivity index (χ3v) is 3.82. The Hall–Kier alpha value is -1.09. The molecule has 2 unspecified atom stereocenters. The summed E-state index contributed by atoms with van der Waals surface area (Å²) in [6, 6.07) is 4.08. The van der Waals surface area contributed by atoms with Gasteiger partial charge in [0.2, 0.25) is 5.88 Å². The highest BCUT2D eigenvalue weighted by Crippen LogP contribution is 2.29. The van der Waals surface area contributed by atoms with E-state index >= 15 is 0 Å². The number of aromatic nitrogens is 1. The van der Waals surface area contributed by atoms with Crippen LogP contribution in [0.25, 0.3) is 0 Å². The van der Waals surface area contributed by atoms with Crippen molar-refractivity contribution < 1.29 is 4.74 Å². The molecule has 100 valence electrons. The second-order valence-corrected chi connectivity index (χ2v) is 5.14. The van der Waals surface area contributed by atoms with Gasteiger partial charge in [0.25, 0.3) is 0 Å². The molecule has 0 radical (unpaired) electrons. The van der Waals surface area contributed by atoms with Crippen LogP contribution in [0.15, 0.2) is 18.3 Å². The van der Waals surface area contributed by atoms with E-state index in [-0.39, 0.29) is 0 Å². The number of hydrogen-bond donors (Lipinski definition) is 1. The Morgan fingerprint density at radius 2 is 2.22 bits per heavy atom. The van der Waals surface area contributed by atoms with Crippen LogP contribution < -0.4 is 10.1 Å². The van der Waals surface area contributed by atoms with Gasteiger partial charge in [-0.3, -0.25) is 0 Å². The molecular formula is C15H24N2O. The first-order valence-electron chi connectivity index (χ1n) is 7.09. The smallest absolute Gasteiger partial charge is 0.213 e. The average molecular weight is 248 g/mol. The highest BCUT2D eigenvalue weighted by molar-refractivity contribution is 5.20. The van der Waals surface area contributed by atoms with Crippen molar-refractivity contribution >= 4 is 0 Å². The fourth-order valence-corrected chi connectivity index (χ4v) is 2.78. The SMILES string of the molecule is CCC1CCCCC1Oc1cc(CNC)ccn1. The Morgan fingerprint density at radius 3 is 3.00 bits per heavy atom. The van der Waals surface area contributed by atoms with Gasteiger partial charge in [-0.15, -0.1) is 0 Å². The molecule has 0 aliphatic heterocycles. The Morgan fingerprint density at radius 1 is 1.39 bits per heavy atom. The van der Waals surface area contributed by atoms with Crippen molar-refractivity contribution in [2.45, 2.75) is 51.7 Å². The molecule has 3 nitrogen and oxygen atoms in total. The van der Waals surface area contributed by atoms with Crippen LogP contribution in [0.4, 0.5) is 0 Å². The fourth-order valence-electron chi connectivity index (χ4n) is 2.78. The molecule has 2 atom stereocenters.